The number of hydrogen-bond donors (Lipinski definition) is 0. The molecular weight excluding hydrogens is 110 g/mol. The average molecular weight is 119 g/mol. The summed E-state index contributed by atoms with van der Waals surface area (Å²) >= 11 is 0. The molecular formula is C8H9N. The van der Waals surface area contributed by atoms with Crippen LogP contribution in [0.1, 0.15) is 12.8 Å². The molecule has 0 aliphatic heterocycles. The molecule has 0 atom stereocenters. The van der Waals surface area contributed by atoms with E-state index < -0.39 is 0 Å². The quantitative estimate of drug-likeness (QED) is 0.382. The summed E-state index contributed by atoms with van der Waals surface area (Å²) < 4.78 is 0. The molecule has 0 spiro atoms. The first kappa shape index (κ1) is 6.10. The van der Waals surface area contributed by atoms with E-state index in [-0.39, 0.29) is 0 Å². The molecule has 1 nitrogen and oxygen atoms in total. The third-order valence-electron chi connectivity index (χ3n) is 1.49. The highest BCUT2D eigenvalue weighted by atomic mass is 14.2. The molecule has 0 heterocycles. The number of nitriles is 1. The molecule has 0 fully saturated rings. The van der Waals surface area contributed by atoms with Crippen molar-refractivity contribution in [3.63, 3.8) is 0 Å². The third kappa shape index (κ3) is 1.73. The Hall–Kier alpha value is -1.03. The first-order chi connectivity index (χ1) is 4.43. The zero-order chi connectivity index (χ0) is 6.53. The monoisotopic (exact) mass is 119 g/mol. The largest absolute Gasteiger partial charge is 0.193 e. The highest BCUT2D eigenvalue weighted by Gasteiger charge is 2.04. The molecule has 0 bridgehead atoms. The van der Waals surface area contributed by atoms with Gasteiger partial charge < -0.3 is 0 Å². The lowest BCUT2D eigenvalue weighted by molar-refractivity contribution is 0.717. The van der Waals surface area contributed by atoms with E-state index in [9.17, 15) is 0 Å². The van der Waals surface area contributed by atoms with Crippen molar-refractivity contribution in [2.75, 3.05) is 0 Å². The second-order valence-electron chi connectivity index (χ2n) is 2.19. The maximum atomic E-state index is 8.17. The van der Waals surface area contributed by atoms with E-state index >= 15 is 0 Å². The van der Waals surface area contributed by atoms with Crippen molar-refractivity contribution in [1.82, 2.24) is 0 Å². The Kier molecular flexibility index (Phi) is 2.09. The van der Waals surface area contributed by atoms with Gasteiger partial charge in [-0.05, 0) is 18.8 Å². The Labute approximate surface area is 55.3 Å². The van der Waals surface area contributed by atoms with Gasteiger partial charge in [-0.2, -0.15) is 5.26 Å². The van der Waals surface area contributed by atoms with Crippen molar-refractivity contribution in [1.29, 1.82) is 5.26 Å². The van der Waals surface area contributed by atoms with E-state index in [1.165, 1.54) is 0 Å². The molecule has 1 rings (SSSR count). The molecule has 46 valence electrons. The van der Waals surface area contributed by atoms with Gasteiger partial charge in [-0.25, -0.2) is 0 Å². The molecule has 0 aromatic carbocycles. The van der Waals surface area contributed by atoms with E-state index in [2.05, 4.69) is 12.2 Å². The van der Waals surface area contributed by atoms with Crippen molar-refractivity contribution in [2.45, 2.75) is 12.8 Å². The first-order valence-corrected chi connectivity index (χ1v) is 3.15. The summed E-state index contributed by atoms with van der Waals surface area (Å²) in [6.45, 7) is 0. The molecule has 0 unspecified atom stereocenters. The van der Waals surface area contributed by atoms with Crippen LogP contribution in [-0.2, 0) is 0 Å². The summed E-state index contributed by atoms with van der Waals surface area (Å²) in [5.74, 6) is 0.602. The normalized spacial score (nSPS) is 19.0. The molecule has 0 N–H and O–H groups in total. The van der Waals surface area contributed by atoms with Gasteiger partial charge in [-0.1, -0.05) is 18.2 Å². The summed E-state index contributed by atoms with van der Waals surface area (Å²) in [5, 5.41) is 8.17. The smallest absolute Gasteiger partial charge is 0.0908 e. The summed E-state index contributed by atoms with van der Waals surface area (Å²) in [7, 11) is 0. The topological polar surface area (TPSA) is 23.8 Å². The minimum absolute atomic E-state index is 0.602. The van der Waals surface area contributed by atoms with Crippen molar-refractivity contribution in [3.05, 3.63) is 24.3 Å². The molecule has 0 aromatic heterocycles. The average Bonchev–Trinajstić information content (AvgIpc) is 2.34. The second kappa shape index (κ2) is 3.09. The predicted octanol–water partition coefficient (Wildman–Crippen LogP) is 2.03. The van der Waals surface area contributed by atoms with Gasteiger partial charge in [0, 0.05) is 6.08 Å². The van der Waals surface area contributed by atoms with Gasteiger partial charge >= 0.3 is 0 Å². The van der Waals surface area contributed by atoms with Crippen LogP contribution < -0.4 is 0 Å². The van der Waals surface area contributed by atoms with Crippen LogP contribution in [0, 0.1) is 17.2 Å². The predicted molar refractivity (Wildman–Crippen MR) is 36.6 cm³/mol. The Bertz CT molecular complexity index is 163. The Morgan fingerprint density at radius 3 is 2.67 bits per heavy atom. The Balaban J connectivity index is 2.32. The zero-order valence-corrected chi connectivity index (χ0v) is 5.25. The number of rotatable bonds is 1. The molecule has 1 heteroatoms. The summed E-state index contributed by atoms with van der Waals surface area (Å²) in [6.07, 6.45) is 10.1. The van der Waals surface area contributed by atoms with E-state index in [4.69, 9.17) is 5.26 Å². The number of nitrogens with zero attached hydrogens (tertiary/aromatic N) is 1. The summed E-state index contributed by atoms with van der Waals surface area (Å²) in [5.41, 5.74) is 0. The number of hydrogen-bond acceptors (Lipinski definition) is 1. The van der Waals surface area contributed by atoms with Crippen LogP contribution >= 0.6 is 0 Å². The fraction of sp³-hybridized carbons (Fsp3) is 0.375. The van der Waals surface area contributed by atoms with Gasteiger partial charge in [0.15, 0.2) is 0 Å². The van der Waals surface area contributed by atoms with Crippen LogP contribution in [0.15, 0.2) is 24.3 Å². The molecule has 1 aliphatic rings. The van der Waals surface area contributed by atoms with Gasteiger partial charge in [0.25, 0.3) is 0 Å². The minimum atomic E-state index is 0.602. The molecule has 0 amide bonds. The number of allylic oxidation sites excluding steroid dienone is 4. The third-order valence-corrected chi connectivity index (χ3v) is 1.49. The lowest BCUT2D eigenvalue weighted by Gasteiger charge is -1.96. The lowest BCUT2D eigenvalue weighted by Crippen LogP contribution is -1.84. The van der Waals surface area contributed by atoms with E-state index in [0.29, 0.717) is 5.92 Å². The van der Waals surface area contributed by atoms with E-state index in [0.717, 1.165) is 12.8 Å². The van der Waals surface area contributed by atoms with Crippen molar-refractivity contribution >= 4 is 0 Å². The van der Waals surface area contributed by atoms with Crippen LogP contribution in [0.2, 0.25) is 0 Å². The first-order valence-electron chi connectivity index (χ1n) is 3.15. The molecule has 0 saturated heterocycles. The molecule has 1 aliphatic carbocycles. The Morgan fingerprint density at radius 2 is 2.11 bits per heavy atom. The van der Waals surface area contributed by atoms with Crippen molar-refractivity contribution in [2.24, 2.45) is 5.92 Å². The Morgan fingerprint density at radius 1 is 1.44 bits per heavy atom. The highest BCUT2D eigenvalue weighted by molar-refractivity contribution is 5.09. The highest BCUT2D eigenvalue weighted by Crippen LogP contribution is 2.18. The minimum Gasteiger partial charge on any atom is -0.193 e. The second-order valence-corrected chi connectivity index (χ2v) is 2.19. The van der Waals surface area contributed by atoms with Crippen LogP contribution in [0.25, 0.3) is 0 Å². The van der Waals surface area contributed by atoms with Crippen LogP contribution in [-0.4, -0.2) is 0 Å². The lowest BCUT2D eigenvalue weighted by atomic mass is 10.1. The molecule has 0 saturated carbocycles. The van der Waals surface area contributed by atoms with Crippen LogP contribution in [0.5, 0.6) is 0 Å². The van der Waals surface area contributed by atoms with Gasteiger partial charge in [0.05, 0.1) is 6.07 Å². The van der Waals surface area contributed by atoms with Crippen LogP contribution in [0.4, 0.5) is 0 Å². The van der Waals surface area contributed by atoms with Gasteiger partial charge in [-0.15, -0.1) is 0 Å². The van der Waals surface area contributed by atoms with Crippen molar-refractivity contribution in [3.8, 4) is 6.07 Å². The van der Waals surface area contributed by atoms with E-state index in [1.54, 1.807) is 6.08 Å². The van der Waals surface area contributed by atoms with Gasteiger partial charge in [0.1, 0.15) is 0 Å². The summed E-state index contributed by atoms with van der Waals surface area (Å²) in [4.78, 5) is 0. The molecule has 0 aromatic rings. The molecule has 9 heavy (non-hydrogen) atoms. The zero-order valence-electron chi connectivity index (χ0n) is 5.25. The fourth-order valence-electron chi connectivity index (χ4n) is 0.975. The van der Waals surface area contributed by atoms with Crippen LogP contribution in [0.3, 0.4) is 0 Å². The van der Waals surface area contributed by atoms with Gasteiger partial charge in [0.2, 0.25) is 0 Å². The van der Waals surface area contributed by atoms with Crippen molar-refractivity contribution < 1.29 is 0 Å². The van der Waals surface area contributed by atoms with E-state index in [1.807, 2.05) is 12.1 Å². The summed E-state index contributed by atoms with van der Waals surface area (Å²) in [6, 6.07) is 1.99. The maximum Gasteiger partial charge on any atom is 0.0908 e. The SMILES string of the molecule is N#C/C=C/C1CC=CC1. The standard InChI is InChI=1S/C8H9N/c9-7-3-6-8-4-1-2-5-8/h1-3,6,8H,4-5H2/b6-3+. The van der Waals surface area contributed by atoms with Gasteiger partial charge in [-0.3, -0.25) is 0 Å². The molecule has 0 radical (unpaired) electrons. The maximum absolute atomic E-state index is 8.17. The fourth-order valence-corrected chi connectivity index (χ4v) is 0.975.